The summed E-state index contributed by atoms with van der Waals surface area (Å²) in [7, 11) is 0. The number of urea groups is 1. The van der Waals surface area contributed by atoms with E-state index in [0.717, 1.165) is 61.7 Å². The van der Waals surface area contributed by atoms with Crippen molar-refractivity contribution in [2.45, 2.75) is 51.1 Å². The Labute approximate surface area is 153 Å². The highest BCUT2D eigenvalue weighted by Gasteiger charge is 2.34. The first-order chi connectivity index (χ1) is 12.8. The predicted octanol–water partition coefficient (Wildman–Crippen LogP) is 3.35. The summed E-state index contributed by atoms with van der Waals surface area (Å²) in [5, 5.41) is 11.8. The Morgan fingerprint density at radius 1 is 1.19 bits per heavy atom. The number of benzene rings is 1. The van der Waals surface area contributed by atoms with Crippen LogP contribution in [0, 0.1) is 12.3 Å². The van der Waals surface area contributed by atoms with Crippen LogP contribution >= 0.6 is 0 Å². The molecule has 1 aromatic heterocycles. The second-order valence-corrected chi connectivity index (χ2v) is 6.94. The molecule has 1 aromatic carbocycles. The van der Waals surface area contributed by atoms with E-state index in [0.29, 0.717) is 0 Å². The average molecular weight is 349 g/mol. The van der Waals surface area contributed by atoms with Crippen LogP contribution in [0.25, 0.3) is 0 Å². The lowest BCUT2D eigenvalue weighted by molar-refractivity contribution is 0.203. The van der Waals surface area contributed by atoms with E-state index in [4.69, 9.17) is 6.42 Å². The van der Waals surface area contributed by atoms with Gasteiger partial charge in [-0.2, -0.15) is 0 Å². The Hall–Kier alpha value is -2.81. The number of carbonyl (C=O) groups is 1. The number of likely N-dealkylation sites (tertiary alicyclic amines) is 1. The Morgan fingerprint density at radius 2 is 2.12 bits per heavy atom. The number of fused-ring (bicyclic) bond motifs is 1. The van der Waals surface area contributed by atoms with Gasteiger partial charge in [-0.05, 0) is 43.9 Å². The molecule has 1 saturated heterocycles. The molecule has 0 spiro atoms. The third-order valence-electron chi connectivity index (χ3n) is 5.23. The Kier molecular flexibility index (Phi) is 4.61. The van der Waals surface area contributed by atoms with Crippen LogP contribution in [-0.2, 0) is 13.0 Å². The highest BCUT2D eigenvalue weighted by Crippen LogP contribution is 2.32. The van der Waals surface area contributed by atoms with Crippen LogP contribution in [0.5, 0.6) is 0 Å². The Morgan fingerprint density at radius 3 is 3.00 bits per heavy atom. The van der Waals surface area contributed by atoms with Crippen molar-refractivity contribution in [1.29, 1.82) is 0 Å². The minimum atomic E-state index is -0.104. The van der Waals surface area contributed by atoms with Crippen molar-refractivity contribution < 1.29 is 4.79 Å². The van der Waals surface area contributed by atoms with E-state index >= 15 is 0 Å². The van der Waals surface area contributed by atoms with E-state index < -0.39 is 0 Å². The van der Waals surface area contributed by atoms with Gasteiger partial charge in [-0.1, -0.05) is 18.4 Å². The molecule has 2 aromatic rings. The maximum atomic E-state index is 12.9. The molecule has 0 radical (unpaired) electrons. The van der Waals surface area contributed by atoms with Crippen LogP contribution in [0.2, 0.25) is 0 Å². The molecule has 0 aliphatic carbocycles. The minimum Gasteiger partial charge on any atom is -0.314 e. The largest absolute Gasteiger partial charge is 0.322 e. The lowest BCUT2D eigenvalue weighted by Crippen LogP contribution is -2.35. The number of nitrogens with one attached hydrogen (secondary N) is 1. The van der Waals surface area contributed by atoms with Gasteiger partial charge in [0.25, 0.3) is 0 Å². The molecule has 2 aliphatic rings. The van der Waals surface area contributed by atoms with Gasteiger partial charge in [0.05, 0.1) is 6.04 Å². The highest BCUT2D eigenvalue weighted by atomic mass is 16.2. The number of anilines is 1. The Bertz CT molecular complexity index is 850. The summed E-state index contributed by atoms with van der Waals surface area (Å²) < 4.78 is 2.24. The first kappa shape index (κ1) is 16.6. The van der Waals surface area contributed by atoms with Gasteiger partial charge in [0.2, 0.25) is 0 Å². The molecule has 134 valence electrons. The molecular weight excluding hydrogens is 326 g/mol. The summed E-state index contributed by atoms with van der Waals surface area (Å²) in [6.07, 6.45) is 11.9. The maximum Gasteiger partial charge on any atom is 0.322 e. The summed E-state index contributed by atoms with van der Waals surface area (Å²) in [6, 6.07) is 7.25. The molecule has 0 saturated carbocycles. The summed E-state index contributed by atoms with van der Waals surface area (Å²) in [5.74, 6) is 4.59. The van der Waals surface area contributed by atoms with Crippen molar-refractivity contribution in [2.24, 2.45) is 0 Å². The van der Waals surface area contributed by atoms with Crippen LogP contribution in [-0.4, -0.2) is 32.2 Å². The zero-order valence-corrected chi connectivity index (χ0v) is 14.8. The normalized spacial score (nSPS) is 19.5. The van der Waals surface area contributed by atoms with Gasteiger partial charge in [-0.15, -0.1) is 16.6 Å². The van der Waals surface area contributed by atoms with Crippen molar-refractivity contribution in [2.75, 3.05) is 11.9 Å². The second kappa shape index (κ2) is 7.20. The van der Waals surface area contributed by atoms with Crippen molar-refractivity contribution in [3.63, 3.8) is 0 Å². The van der Waals surface area contributed by atoms with Crippen LogP contribution < -0.4 is 5.32 Å². The molecule has 6 nitrogen and oxygen atoms in total. The molecule has 1 atom stereocenters. The lowest BCUT2D eigenvalue weighted by atomic mass is 10.2. The van der Waals surface area contributed by atoms with Crippen LogP contribution in [0.4, 0.5) is 10.5 Å². The van der Waals surface area contributed by atoms with Gasteiger partial charge in [0, 0.05) is 30.8 Å². The molecule has 1 N–H and O–H groups in total. The van der Waals surface area contributed by atoms with E-state index in [-0.39, 0.29) is 12.1 Å². The zero-order chi connectivity index (χ0) is 17.9. The fraction of sp³-hybridized carbons (Fsp3) is 0.450. The SMILES string of the molecule is C#Cc1cccc(NC(=O)N2CCC[C@H]2c2nnc3n2CCCCC3)c1. The first-order valence-corrected chi connectivity index (χ1v) is 9.32. The van der Waals surface area contributed by atoms with Gasteiger partial charge < -0.3 is 14.8 Å². The lowest BCUT2D eigenvalue weighted by Gasteiger charge is -2.25. The fourth-order valence-electron chi connectivity index (χ4n) is 3.91. The highest BCUT2D eigenvalue weighted by molar-refractivity contribution is 5.90. The van der Waals surface area contributed by atoms with E-state index in [1.807, 2.05) is 29.2 Å². The Balaban J connectivity index is 1.54. The standard InChI is InChI=1S/C20H23N5O/c1-2-15-8-6-9-16(14-15)21-20(26)24-13-7-10-17(24)19-23-22-18-11-4-3-5-12-25(18)19/h1,6,8-9,14,17H,3-5,7,10-13H2,(H,21,26)/t17-/m0/s1. The van der Waals surface area contributed by atoms with Crippen molar-refractivity contribution in [1.82, 2.24) is 19.7 Å². The monoisotopic (exact) mass is 349 g/mol. The van der Waals surface area contributed by atoms with Crippen molar-refractivity contribution in [3.05, 3.63) is 41.5 Å². The number of carbonyl (C=O) groups excluding carboxylic acids is 1. The third kappa shape index (κ3) is 3.17. The number of rotatable bonds is 2. The van der Waals surface area contributed by atoms with Gasteiger partial charge in [-0.25, -0.2) is 4.79 Å². The molecule has 2 amide bonds. The summed E-state index contributed by atoms with van der Waals surface area (Å²) in [4.78, 5) is 14.7. The molecule has 0 bridgehead atoms. The molecule has 4 rings (SSSR count). The van der Waals surface area contributed by atoms with Crippen LogP contribution in [0.1, 0.15) is 55.4 Å². The summed E-state index contributed by atoms with van der Waals surface area (Å²) >= 11 is 0. The average Bonchev–Trinajstić information content (AvgIpc) is 3.23. The number of hydrogen-bond donors (Lipinski definition) is 1. The molecule has 2 aliphatic heterocycles. The number of aromatic nitrogens is 3. The van der Waals surface area contributed by atoms with E-state index in [1.165, 1.54) is 12.8 Å². The van der Waals surface area contributed by atoms with Gasteiger partial charge in [0.1, 0.15) is 5.82 Å². The van der Waals surface area contributed by atoms with E-state index in [9.17, 15) is 4.79 Å². The number of amides is 2. The second-order valence-electron chi connectivity index (χ2n) is 6.94. The summed E-state index contributed by atoms with van der Waals surface area (Å²) in [5.41, 5.74) is 1.47. The van der Waals surface area contributed by atoms with Gasteiger partial charge >= 0.3 is 6.03 Å². The number of hydrogen-bond acceptors (Lipinski definition) is 3. The number of nitrogens with zero attached hydrogens (tertiary/aromatic N) is 4. The third-order valence-corrected chi connectivity index (χ3v) is 5.23. The molecule has 6 heteroatoms. The fourth-order valence-corrected chi connectivity index (χ4v) is 3.91. The molecule has 1 fully saturated rings. The van der Waals surface area contributed by atoms with E-state index in [2.05, 4.69) is 26.0 Å². The van der Waals surface area contributed by atoms with E-state index in [1.54, 1.807) is 0 Å². The molecular formula is C20H23N5O. The summed E-state index contributed by atoms with van der Waals surface area (Å²) in [6.45, 7) is 1.68. The molecule has 3 heterocycles. The minimum absolute atomic E-state index is 0.00911. The van der Waals surface area contributed by atoms with Crippen molar-refractivity contribution >= 4 is 11.7 Å². The van der Waals surface area contributed by atoms with Gasteiger partial charge in [-0.3, -0.25) is 0 Å². The maximum absolute atomic E-state index is 12.9. The molecule has 26 heavy (non-hydrogen) atoms. The quantitative estimate of drug-likeness (QED) is 0.846. The zero-order valence-electron chi connectivity index (χ0n) is 14.8. The van der Waals surface area contributed by atoms with Crippen LogP contribution in [0.3, 0.4) is 0 Å². The van der Waals surface area contributed by atoms with Gasteiger partial charge in [0.15, 0.2) is 5.82 Å². The smallest absolute Gasteiger partial charge is 0.314 e. The predicted molar refractivity (Wildman–Crippen MR) is 99.7 cm³/mol. The first-order valence-electron chi connectivity index (χ1n) is 9.32. The van der Waals surface area contributed by atoms with Crippen molar-refractivity contribution in [3.8, 4) is 12.3 Å². The number of aryl methyl sites for hydroxylation is 1. The topological polar surface area (TPSA) is 63.1 Å². The molecule has 0 unspecified atom stereocenters. The number of terminal acetylenes is 1. The van der Waals surface area contributed by atoms with Crippen LogP contribution in [0.15, 0.2) is 24.3 Å².